The minimum absolute atomic E-state index is 0.0545. The molecule has 1 aromatic heterocycles. The second kappa shape index (κ2) is 6.43. The first-order chi connectivity index (χ1) is 9.11. The summed E-state index contributed by atoms with van der Waals surface area (Å²) in [5.74, 6) is -0.753. The van der Waals surface area contributed by atoms with Gasteiger partial charge in [0.05, 0.1) is 11.9 Å². The third-order valence-corrected chi connectivity index (χ3v) is 4.30. The summed E-state index contributed by atoms with van der Waals surface area (Å²) in [5, 5.41) is 9.62. The fourth-order valence-electron chi connectivity index (χ4n) is 2.47. The molecule has 0 bridgehead atoms. The zero-order valence-corrected chi connectivity index (χ0v) is 12.2. The Bertz CT molecular complexity index is 447. The molecule has 1 N–H and O–H groups in total. The van der Waals surface area contributed by atoms with Crippen molar-refractivity contribution in [2.45, 2.75) is 50.4 Å². The lowest BCUT2D eigenvalue weighted by molar-refractivity contribution is -0.133. The molecule has 0 amide bonds. The molecule has 1 aliphatic rings. The molecular formula is C13H20N2O3S. The second-order valence-electron chi connectivity index (χ2n) is 4.80. The van der Waals surface area contributed by atoms with E-state index in [4.69, 9.17) is 9.84 Å². The zero-order chi connectivity index (χ0) is 13.8. The molecule has 0 radical (unpaired) electrons. The van der Waals surface area contributed by atoms with Crippen LogP contribution in [0.5, 0.6) is 0 Å². The van der Waals surface area contributed by atoms with E-state index in [9.17, 15) is 4.79 Å². The van der Waals surface area contributed by atoms with E-state index in [0.29, 0.717) is 6.04 Å². The van der Waals surface area contributed by atoms with E-state index in [1.807, 2.05) is 6.20 Å². The Morgan fingerprint density at radius 2 is 2.47 bits per heavy atom. The highest BCUT2D eigenvalue weighted by atomic mass is 32.2. The van der Waals surface area contributed by atoms with E-state index in [2.05, 4.69) is 23.4 Å². The van der Waals surface area contributed by atoms with E-state index >= 15 is 0 Å². The summed E-state index contributed by atoms with van der Waals surface area (Å²) >= 11 is 1.30. The Kier molecular flexibility index (Phi) is 4.87. The lowest BCUT2D eigenvalue weighted by Gasteiger charge is -2.30. The fraction of sp³-hybridized carbons (Fsp3) is 0.692. The molecule has 2 heterocycles. The quantitative estimate of drug-likeness (QED) is 0.841. The molecular weight excluding hydrogens is 264 g/mol. The molecule has 1 saturated heterocycles. The number of rotatable bonds is 5. The molecule has 6 heteroatoms. The van der Waals surface area contributed by atoms with Gasteiger partial charge in [-0.15, -0.1) is 0 Å². The first-order valence-electron chi connectivity index (χ1n) is 6.64. The monoisotopic (exact) mass is 284 g/mol. The molecule has 0 aromatic carbocycles. The van der Waals surface area contributed by atoms with Crippen molar-refractivity contribution < 1.29 is 14.6 Å². The number of hydrogen-bond donors (Lipinski definition) is 1. The lowest BCUT2D eigenvalue weighted by Crippen LogP contribution is -2.27. The number of aryl methyl sites for hydroxylation is 1. The highest BCUT2D eigenvalue weighted by Gasteiger charge is 2.25. The average molecular weight is 284 g/mol. The van der Waals surface area contributed by atoms with E-state index in [0.717, 1.165) is 31.0 Å². The van der Waals surface area contributed by atoms with Gasteiger partial charge in [-0.05, 0) is 26.2 Å². The normalized spacial score (nSPS) is 23.5. The largest absolute Gasteiger partial charge is 0.481 e. The number of hydrogen-bond acceptors (Lipinski definition) is 4. The Morgan fingerprint density at radius 3 is 3.11 bits per heavy atom. The van der Waals surface area contributed by atoms with E-state index in [1.54, 1.807) is 0 Å². The Hall–Kier alpha value is -1.01. The van der Waals surface area contributed by atoms with Gasteiger partial charge in [-0.3, -0.25) is 4.79 Å². The minimum Gasteiger partial charge on any atom is -0.481 e. The van der Waals surface area contributed by atoms with Crippen molar-refractivity contribution in [3.05, 3.63) is 11.9 Å². The molecule has 2 unspecified atom stereocenters. The van der Waals surface area contributed by atoms with Crippen LogP contribution in [0.1, 0.15) is 38.4 Å². The molecule has 0 aliphatic carbocycles. The van der Waals surface area contributed by atoms with Crippen LogP contribution in [-0.2, 0) is 16.0 Å². The van der Waals surface area contributed by atoms with Gasteiger partial charge in [0.15, 0.2) is 5.16 Å². The zero-order valence-electron chi connectivity index (χ0n) is 11.3. The SMILES string of the molecule is CCc1cnc(SCC(=O)O)n1C1CCOC(C)C1. The predicted octanol–water partition coefficient (Wildman–Crippen LogP) is 2.36. The highest BCUT2D eigenvalue weighted by molar-refractivity contribution is 7.99. The van der Waals surface area contributed by atoms with Crippen LogP contribution in [0.15, 0.2) is 11.4 Å². The summed E-state index contributed by atoms with van der Waals surface area (Å²) in [7, 11) is 0. The van der Waals surface area contributed by atoms with Gasteiger partial charge in [0.1, 0.15) is 0 Å². The van der Waals surface area contributed by atoms with E-state index in [-0.39, 0.29) is 11.9 Å². The maximum absolute atomic E-state index is 10.7. The van der Waals surface area contributed by atoms with Gasteiger partial charge < -0.3 is 14.4 Å². The minimum atomic E-state index is -0.807. The van der Waals surface area contributed by atoms with Crippen molar-refractivity contribution in [2.75, 3.05) is 12.4 Å². The van der Waals surface area contributed by atoms with E-state index in [1.165, 1.54) is 17.5 Å². The molecule has 0 spiro atoms. The summed E-state index contributed by atoms with van der Waals surface area (Å²) in [6.45, 7) is 4.94. The molecule has 106 valence electrons. The first kappa shape index (κ1) is 14.4. The van der Waals surface area contributed by atoms with Crippen LogP contribution in [0.2, 0.25) is 0 Å². The molecule has 1 fully saturated rings. The van der Waals surface area contributed by atoms with Crippen LogP contribution in [0.3, 0.4) is 0 Å². The van der Waals surface area contributed by atoms with Crippen LogP contribution in [-0.4, -0.2) is 39.1 Å². The van der Waals surface area contributed by atoms with Gasteiger partial charge in [0, 0.05) is 24.5 Å². The molecule has 5 nitrogen and oxygen atoms in total. The third-order valence-electron chi connectivity index (χ3n) is 3.35. The lowest BCUT2D eigenvalue weighted by atomic mass is 10.0. The molecule has 0 saturated carbocycles. The summed E-state index contributed by atoms with van der Waals surface area (Å²) in [6, 6.07) is 0.373. The number of carboxylic acids is 1. The highest BCUT2D eigenvalue weighted by Crippen LogP contribution is 2.31. The molecule has 2 rings (SSSR count). The molecule has 2 atom stereocenters. The average Bonchev–Trinajstić information content (AvgIpc) is 2.79. The van der Waals surface area contributed by atoms with Crippen molar-refractivity contribution >= 4 is 17.7 Å². The Balaban J connectivity index is 2.20. The van der Waals surface area contributed by atoms with Crippen molar-refractivity contribution in [2.24, 2.45) is 0 Å². The van der Waals surface area contributed by atoms with Crippen LogP contribution in [0, 0.1) is 0 Å². The van der Waals surface area contributed by atoms with Gasteiger partial charge in [-0.1, -0.05) is 18.7 Å². The third kappa shape index (κ3) is 3.51. The second-order valence-corrected chi connectivity index (χ2v) is 5.74. The van der Waals surface area contributed by atoms with Crippen LogP contribution in [0.4, 0.5) is 0 Å². The Morgan fingerprint density at radius 1 is 1.68 bits per heavy atom. The first-order valence-corrected chi connectivity index (χ1v) is 7.62. The summed E-state index contributed by atoms with van der Waals surface area (Å²) in [4.78, 5) is 15.1. The van der Waals surface area contributed by atoms with Crippen LogP contribution < -0.4 is 0 Å². The van der Waals surface area contributed by atoms with Gasteiger partial charge in [-0.25, -0.2) is 4.98 Å². The molecule has 1 aromatic rings. The number of imidazole rings is 1. The molecule has 1 aliphatic heterocycles. The van der Waals surface area contributed by atoms with Gasteiger partial charge >= 0.3 is 5.97 Å². The molecule has 19 heavy (non-hydrogen) atoms. The number of carboxylic acid groups (broad SMARTS) is 1. The van der Waals surface area contributed by atoms with E-state index < -0.39 is 5.97 Å². The smallest absolute Gasteiger partial charge is 0.313 e. The number of aliphatic carboxylic acids is 1. The maximum atomic E-state index is 10.7. The number of thioether (sulfide) groups is 1. The number of nitrogens with zero attached hydrogens (tertiary/aromatic N) is 2. The van der Waals surface area contributed by atoms with Crippen molar-refractivity contribution in [3.8, 4) is 0 Å². The van der Waals surface area contributed by atoms with Gasteiger partial charge in [0.2, 0.25) is 0 Å². The number of ether oxygens (including phenoxy) is 1. The fourth-order valence-corrected chi connectivity index (χ4v) is 3.26. The van der Waals surface area contributed by atoms with Crippen LogP contribution in [0.25, 0.3) is 0 Å². The number of aromatic nitrogens is 2. The summed E-state index contributed by atoms with van der Waals surface area (Å²) in [5.41, 5.74) is 1.17. The van der Waals surface area contributed by atoms with Gasteiger partial charge in [-0.2, -0.15) is 0 Å². The Labute approximate surface area is 117 Å². The summed E-state index contributed by atoms with van der Waals surface area (Å²) in [6.07, 6.45) is 4.96. The number of carbonyl (C=O) groups is 1. The maximum Gasteiger partial charge on any atom is 0.313 e. The topological polar surface area (TPSA) is 64.3 Å². The van der Waals surface area contributed by atoms with Crippen molar-refractivity contribution in [1.82, 2.24) is 9.55 Å². The van der Waals surface area contributed by atoms with Crippen LogP contribution >= 0.6 is 11.8 Å². The standard InChI is InChI=1S/C13H20N2O3S/c1-3-10-7-14-13(19-8-12(16)17)15(10)11-4-5-18-9(2)6-11/h7,9,11H,3-6,8H2,1-2H3,(H,16,17). The summed E-state index contributed by atoms with van der Waals surface area (Å²) < 4.78 is 7.80. The van der Waals surface area contributed by atoms with Crippen molar-refractivity contribution in [3.63, 3.8) is 0 Å². The van der Waals surface area contributed by atoms with Crippen molar-refractivity contribution in [1.29, 1.82) is 0 Å². The van der Waals surface area contributed by atoms with Gasteiger partial charge in [0.25, 0.3) is 0 Å². The predicted molar refractivity (Wildman–Crippen MR) is 73.6 cm³/mol.